The highest BCUT2D eigenvalue weighted by atomic mass is 32.2. The summed E-state index contributed by atoms with van der Waals surface area (Å²) < 4.78 is 46.8. The SMILES string of the molecule is Cc1cccc(C)c1N(c1ccc2c(-c3ccccc3S(=O)(=O)[O-])c3ccc(=[N+](c4c(C)cccc4C)C(C)C)cc-3oc2c1)C(C)C. The molecule has 6 nitrogen and oxygen atoms in total. The van der Waals surface area contributed by atoms with Crippen molar-refractivity contribution in [2.45, 2.75) is 72.4 Å². The Morgan fingerprint density at radius 3 is 1.94 bits per heavy atom. The van der Waals surface area contributed by atoms with Gasteiger partial charge in [-0.1, -0.05) is 54.6 Å². The summed E-state index contributed by atoms with van der Waals surface area (Å²) >= 11 is 0. The van der Waals surface area contributed by atoms with Crippen molar-refractivity contribution in [3.63, 3.8) is 0 Å². The van der Waals surface area contributed by atoms with E-state index < -0.39 is 10.1 Å². The molecule has 1 aliphatic carbocycles. The van der Waals surface area contributed by atoms with Gasteiger partial charge in [0.25, 0.3) is 0 Å². The van der Waals surface area contributed by atoms with Crippen LogP contribution in [0.15, 0.2) is 106 Å². The molecule has 1 heterocycles. The Morgan fingerprint density at radius 1 is 0.708 bits per heavy atom. The topological polar surface area (TPSA) is 76.6 Å². The lowest BCUT2D eigenvalue weighted by molar-refractivity contribution is 0.463. The fourth-order valence-electron chi connectivity index (χ4n) is 7.09. The molecule has 6 rings (SSSR count). The molecule has 0 saturated heterocycles. The normalized spacial score (nSPS) is 12.7. The minimum Gasteiger partial charge on any atom is -0.744 e. The van der Waals surface area contributed by atoms with E-state index in [4.69, 9.17) is 4.42 Å². The van der Waals surface area contributed by atoms with Crippen LogP contribution >= 0.6 is 0 Å². The van der Waals surface area contributed by atoms with Crippen LogP contribution in [-0.4, -0.2) is 25.1 Å². The summed E-state index contributed by atoms with van der Waals surface area (Å²) in [5.41, 5.74) is 10.2. The van der Waals surface area contributed by atoms with Crippen LogP contribution in [0.3, 0.4) is 0 Å². The zero-order valence-corrected chi connectivity index (χ0v) is 29.6. The third kappa shape index (κ3) is 5.93. The average molecular weight is 659 g/mol. The van der Waals surface area contributed by atoms with Crippen molar-refractivity contribution in [1.29, 1.82) is 0 Å². The minimum atomic E-state index is -4.77. The summed E-state index contributed by atoms with van der Waals surface area (Å²) in [5, 5.41) is 1.67. The van der Waals surface area contributed by atoms with E-state index in [9.17, 15) is 13.0 Å². The van der Waals surface area contributed by atoms with E-state index in [1.807, 2.05) is 36.4 Å². The third-order valence-electron chi connectivity index (χ3n) is 9.06. The van der Waals surface area contributed by atoms with Gasteiger partial charge in [-0.15, -0.1) is 0 Å². The van der Waals surface area contributed by atoms with Crippen LogP contribution in [-0.2, 0) is 10.1 Å². The average Bonchev–Trinajstić information content (AvgIpc) is 3.02. The zero-order valence-electron chi connectivity index (χ0n) is 28.8. The summed E-state index contributed by atoms with van der Waals surface area (Å²) in [4.78, 5) is 2.04. The van der Waals surface area contributed by atoms with Crippen LogP contribution in [0.4, 0.5) is 17.1 Å². The molecular weight excluding hydrogens is 617 g/mol. The Balaban J connectivity index is 1.74. The Bertz CT molecular complexity index is 2290. The number of nitrogens with zero attached hydrogens (tertiary/aromatic N) is 2. The molecule has 4 aromatic rings. The smallest absolute Gasteiger partial charge is 0.211 e. The first-order chi connectivity index (χ1) is 22.8. The number of hydrogen-bond donors (Lipinski definition) is 0. The number of rotatable bonds is 7. The number of hydrogen-bond acceptors (Lipinski definition) is 5. The summed E-state index contributed by atoms with van der Waals surface area (Å²) in [6, 6.07) is 31.4. The van der Waals surface area contributed by atoms with E-state index in [1.54, 1.807) is 18.2 Å². The van der Waals surface area contributed by atoms with Gasteiger partial charge in [0.1, 0.15) is 21.5 Å². The maximum absolute atomic E-state index is 12.6. The molecule has 1 aliphatic heterocycles. The summed E-state index contributed by atoms with van der Waals surface area (Å²) in [7, 11) is -4.77. The largest absolute Gasteiger partial charge is 0.744 e. The molecule has 0 aromatic heterocycles. The number of benzene rings is 5. The van der Waals surface area contributed by atoms with Gasteiger partial charge in [-0.25, -0.2) is 8.42 Å². The van der Waals surface area contributed by atoms with E-state index in [0.717, 1.165) is 33.4 Å². The van der Waals surface area contributed by atoms with E-state index in [2.05, 4.69) is 101 Å². The highest BCUT2D eigenvalue weighted by Crippen LogP contribution is 2.44. The first-order valence-electron chi connectivity index (χ1n) is 16.4. The van der Waals surface area contributed by atoms with Crippen LogP contribution in [0, 0.1) is 27.7 Å². The zero-order chi connectivity index (χ0) is 34.5. The maximum Gasteiger partial charge on any atom is 0.211 e. The van der Waals surface area contributed by atoms with Crippen LogP contribution in [0.2, 0.25) is 0 Å². The van der Waals surface area contributed by atoms with Gasteiger partial charge in [0.2, 0.25) is 11.0 Å². The molecule has 0 fully saturated rings. The molecule has 48 heavy (non-hydrogen) atoms. The van der Waals surface area contributed by atoms with Crippen molar-refractivity contribution in [2.24, 2.45) is 0 Å². The molecule has 7 heteroatoms. The van der Waals surface area contributed by atoms with E-state index in [-0.39, 0.29) is 17.0 Å². The second kappa shape index (κ2) is 12.7. The maximum atomic E-state index is 12.6. The van der Waals surface area contributed by atoms with Gasteiger partial charge in [0, 0.05) is 62.8 Å². The number of fused-ring (bicyclic) bond motifs is 2. The van der Waals surface area contributed by atoms with Gasteiger partial charge < -0.3 is 13.9 Å². The van der Waals surface area contributed by atoms with Crippen molar-refractivity contribution >= 4 is 38.1 Å². The van der Waals surface area contributed by atoms with Crippen LogP contribution < -0.4 is 14.8 Å². The molecule has 0 amide bonds. The molecule has 0 N–H and O–H groups in total. The predicted octanol–water partition coefficient (Wildman–Crippen LogP) is 9.40. The fourth-order valence-corrected chi connectivity index (χ4v) is 7.78. The monoisotopic (exact) mass is 658 g/mol. The van der Waals surface area contributed by atoms with Gasteiger partial charge in [0.15, 0.2) is 6.04 Å². The molecule has 0 bridgehead atoms. The molecular formula is C41H42N2O4S. The van der Waals surface area contributed by atoms with E-state index >= 15 is 0 Å². The second-order valence-electron chi connectivity index (χ2n) is 13.2. The predicted molar refractivity (Wildman–Crippen MR) is 195 cm³/mol. The minimum absolute atomic E-state index is 0.136. The van der Waals surface area contributed by atoms with Crippen molar-refractivity contribution in [3.8, 4) is 22.5 Å². The third-order valence-corrected chi connectivity index (χ3v) is 9.96. The van der Waals surface area contributed by atoms with Crippen molar-refractivity contribution in [3.05, 3.63) is 125 Å². The molecule has 2 aliphatic rings. The molecule has 0 unspecified atom stereocenters. The highest BCUT2D eigenvalue weighted by molar-refractivity contribution is 7.85. The number of anilines is 2. The van der Waals surface area contributed by atoms with Crippen molar-refractivity contribution < 1.29 is 17.4 Å². The van der Waals surface area contributed by atoms with Gasteiger partial charge in [-0.2, -0.15) is 4.58 Å². The number of aryl methyl sites for hydroxylation is 4. The van der Waals surface area contributed by atoms with Gasteiger partial charge in [-0.05, 0) is 90.8 Å². The molecule has 0 radical (unpaired) electrons. The molecule has 0 saturated carbocycles. The lowest BCUT2D eigenvalue weighted by Gasteiger charge is -2.32. The lowest BCUT2D eigenvalue weighted by Crippen LogP contribution is -2.32. The van der Waals surface area contributed by atoms with Crippen LogP contribution in [0.25, 0.3) is 33.4 Å². The van der Waals surface area contributed by atoms with Crippen molar-refractivity contribution in [2.75, 3.05) is 4.90 Å². The summed E-state index contributed by atoms with van der Waals surface area (Å²) in [5.74, 6) is 0.588. The Hall–Kier alpha value is -4.72. The molecule has 0 atom stereocenters. The Kier molecular flexibility index (Phi) is 8.79. The summed E-state index contributed by atoms with van der Waals surface area (Å²) in [6.07, 6.45) is 0. The van der Waals surface area contributed by atoms with Crippen LogP contribution in [0.1, 0.15) is 49.9 Å². The van der Waals surface area contributed by atoms with E-state index in [1.165, 1.54) is 28.3 Å². The first-order valence-corrected chi connectivity index (χ1v) is 17.8. The van der Waals surface area contributed by atoms with Gasteiger partial charge >= 0.3 is 0 Å². The molecule has 246 valence electrons. The molecule has 4 aromatic carbocycles. The standard InChI is InChI=1S/C41H42N2O4S/c1-25(2)42(40-27(5)13-11-14-28(40)6)31-19-21-33-36(23-31)47-37-24-32(43(26(3)4)41-29(7)15-12-16-30(41)8)20-22-34(37)39(33)35-17-9-10-18-38(35)48(44,45)46/h9-26H,1-8H3. The van der Waals surface area contributed by atoms with Crippen molar-refractivity contribution in [1.82, 2.24) is 4.58 Å². The van der Waals surface area contributed by atoms with E-state index in [0.29, 0.717) is 22.5 Å². The Labute approximate surface area is 283 Å². The van der Waals surface area contributed by atoms with Gasteiger partial charge in [-0.3, -0.25) is 0 Å². The fraction of sp³-hybridized carbons (Fsp3) is 0.244. The highest BCUT2D eigenvalue weighted by Gasteiger charge is 2.26. The first kappa shape index (κ1) is 33.2. The summed E-state index contributed by atoms with van der Waals surface area (Å²) in [6.45, 7) is 17.1. The van der Waals surface area contributed by atoms with Gasteiger partial charge in [0.05, 0.1) is 11.0 Å². The lowest BCUT2D eigenvalue weighted by atomic mass is 9.93. The quantitative estimate of drug-likeness (QED) is 0.0971. The second-order valence-corrected chi connectivity index (χ2v) is 14.5. The Morgan fingerprint density at radius 2 is 1.33 bits per heavy atom. The number of para-hydroxylation sites is 2. The molecule has 0 spiro atoms. The van der Waals surface area contributed by atoms with Crippen LogP contribution in [0.5, 0.6) is 0 Å².